The van der Waals surface area contributed by atoms with Crippen LogP contribution in [0.3, 0.4) is 0 Å². The summed E-state index contributed by atoms with van der Waals surface area (Å²) in [4.78, 5) is 14.5. The average Bonchev–Trinajstić information content (AvgIpc) is 2.11. The second-order valence-corrected chi connectivity index (χ2v) is 2.52. The molecule has 2 nitrogen and oxygen atoms in total. The van der Waals surface area contributed by atoms with E-state index in [0.29, 0.717) is 12.3 Å². The SMILES string of the molecule is C=C/C(C)=C\C(C=O)=NCCC. The molecule has 0 aliphatic carbocycles. The lowest BCUT2D eigenvalue weighted by atomic mass is 10.2. The Balaban J connectivity index is 4.35. The van der Waals surface area contributed by atoms with E-state index in [0.717, 1.165) is 18.3 Å². The lowest BCUT2D eigenvalue weighted by Gasteiger charge is -1.92. The van der Waals surface area contributed by atoms with E-state index in [1.165, 1.54) is 0 Å². The smallest absolute Gasteiger partial charge is 0.167 e. The zero-order valence-electron chi connectivity index (χ0n) is 7.71. The number of allylic oxidation sites excluding steroid dienone is 3. The van der Waals surface area contributed by atoms with Gasteiger partial charge >= 0.3 is 0 Å². The van der Waals surface area contributed by atoms with Crippen molar-refractivity contribution in [2.45, 2.75) is 20.3 Å². The third kappa shape index (κ3) is 4.61. The summed E-state index contributed by atoms with van der Waals surface area (Å²) >= 11 is 0. The summed E-state index contributed by atoms with van der Waals surface area (Å²) in [7, 11) is 0. The zero-order valence-corrected chi connectivity index (χ0v) is 7.71. The maximum atomic E-state index is 10.5. The Kier molecular flexibility index (Phi) is 5.88. The average molecular weight is 165 g/mol. The Morgan fingerprint density at radius 1 is 1.58 bits per heavy atom. The Morgan fingerprint density at radius 3 is 2.67 bits per heavy atom. The highest BCUT2D eigenvalue weighted by molar-refractivity contribution is 6.33. The minimum absolute atomic E-state index is 0.495. The Hall–Kier alpha value is -1.18. The highest BCUT2D eigenvalue weighted by Gasteiger charge is 1.90. The number of nitrogens with zero attached hydrogens (tertiary/aromatic N) is 1. The normalized spacial score (nSPS) is 12.8. The molecule has 0 saturated heterocycles. The molecule has 12 heavy (non-hydrogen) atoms. The molecule has 0 unspecified atom stereocenters. The summed E-state index contributed by atoms with van der Waals surface area (Å²) in [6.45, 7) is 8.20. The molecule has 0 aliphatic rings. The number of aldehydes is 1. The summed E-state index contributed by atoms with van der Waals surface area (Å²) < 4.78 is 0. The van der Waals surface area contributed by atoms with Crippen molar-refractivity contribution >= 4 is 12.0 Å². The van der Waals surface area contributed by atoms with Crippen LogP contribution >= 0.6 is 0 Å². The van der Waals surface area contributed by atoms with Gasteiger partial charge in [0.05, 0.1) is 5.71 Å². The maximum Gasteiger partial charge on any atom is 0.167 e. The van der Waals surface area contributed by atoms with Crippen LogP contribution in [0.5, 0.6) is 0 Å². The van der Waals surface area contributed by atoms with Gasteiger partial charge in [0.15, 0.2) is 6.29 Å². The van der Waals surface area contributed by atoms with Crippen LogP contribution in [0.4, 0.5) is 0 Å². The minimum Gasteiger partial charge on any atom is -0.296 e. The maximum absolute atomic E-state index is 10.5. The summed E-state index contributed by atoms with van der Waals surface area (Å²) in [6, 6.07) is 0. The molecule has 0 aromatic heterocycles. The van der Waals surface area contributed by atoms with E-state index in [1.54, 1.807) is 12.2 Å². The van der Waals surface area contributed by atoms with Crippen LogP contribution in [0, 0.1) is 0 Å². The molecule has 2 heteroatoms. The van der Waals surface area contributed by atoms with Crippen molar-refractivity contribution in [3.05, 3.63) is 24.3 Å². The van der Waals surface area contributed by atoms with Crippen LogP contribution in [0.2, 0.25) is 0 Å². The molecule has 0 amide bonds. The fourth-order valence-electron chi connectivity index (χ4n) is 0.650. The van der Waals surface area contributed by atoms with Crippen LogP contribution in [-0.2, 0) is 4.79 Å². The molecule has 0 aliphatic heterocycles. The largest absolute Gasteiger partial charge is 0.296 e. The lowest BCUT2D eigenvalue weighted by Crippen LogP contribution is -1.97. The van der Waals surface area contributed by atoms with Crippen LogP contribution in [0.25, 0.3) is 0 Å². The highest BCUT2D eigenvalue weighted by atomic mass is 16.1. The molecule has 0 heterocycles. The molecule has 66 valence electrons. The van der Waals surface area contributed by atoms with Crippen molar-refractivity contribution in [1.82, 2.24) is 0 Å². The van der Waals surface area contributed by atoms with E-state index in [1.807, 2.05) is 13.8 Å². The van der Waals surface area contributed by atoms with Crippen LogP contribution < -0.4 is 0 Å². The van der Waals surface area contributed by atoms with Crippen molar-refractivity contribution in [2.24, 2.45) is 4.99 Å². The summed E-state index contributed by atoms with van der Waals surface area (Å²) in [6.07, 6.45) is 5.15. The number of aliphatic imine (C=N–C) groups is 1. The van der Waals surface area contributed by atoms with Crippen molar-refractivity contribution in [3.8, 4) is 0 Å². The summed E-state index contributed by atoms with van der Waals surface area (Å²) in [5.41, 5.74) is 1.45. The second kappa shape index (κ2) is 6.53. The predicted octanol–water partition coefficient (Wildman–Crippen LogP) is 2.17. The quantitative estimate of drug-likeness (QED) is 0.349. The van der Waals surface area contributed by atoms with Crippen LogP contribution in [0.1, 0.15) is 20.3 Å². The monoisotopic (exact) mass is 165 g/mol. The van der Waals surface area contributed by atoms with Crippen molar-refractivity contribution in [3.63, 3.8) is 0 Å². The fourth-order valence-corrected chi connectivity index (χ4v) is 0.650. The first-order valence-corrected chi connectivity index (χ1v) is 4.05. The van der Waals surface area contributed by atoms with Crippen LogP contribution in [0.15, 0.2) is 29.3 Å². The topological polar surface area (TPSA) is 29.4 Å². The van der Waals surface area contributed by atoms with Gasteiger partial charge in [-0.3, -0.25) is 9.79 Å². The molecule has 0 fully saturated rings. The number of carbonyl (C=O) groups is 1. The third-order valence-electron chi connectivity index (χ3n) is 1.34. The van der Waals surface area contributed by atoms with Crippen LogP contribution in [-0.4, -0.2) is 18.5 Å². The highest BCUT2D eigenvalue weighted by Crippen LogP contribution is 1.93. The molecule has 0 N–H and O–H groups in total. The van der Waals surface area contributed by atoms with Gasteiger partial charge < -0.3 is 0 Å². The van der Waals surface area contributed by atoms with E-state index in [-0.39, 0.29) is 0 Å². The lowest BCUT2D eigenvalue weighted by molar-refractivity contribution is -0.102. The van der Waals surface area contributed by atoms with E-state index < -0.39 is 0 Å². The molecule has 0 spiro atoms. The molecule has 0 aromatic rings. The third-order valence-corrected chi connectivity index (χ3v) is 1.34. The van der Waals surface area contributed by atoms with Gasteiger partial charge in [0.25, 0.3) is 0 Å². The number of rotatable bonds is 5. The van der Waals surface area contributed by atoms with Gasteiger partial charge in [-0.1, -0.05) is 19.6 Å². The van der Waals surface area contributed by atoms with E-state index in [4.69, 9.17) is 0 Å². The zero-order chi connectivity index (χ0) is 9.40. The number of carbonyl (C=O) groups excluding carboxylic acids is 1. The summed E-state index contributed by atoms with van der Waals surface area (Å²) in [5, 5.41) is 0. The van der Waals surface area contributed by atoms with Gasteiger partial charge in [-0.15, -0.1) is 0 Å². The number of hydrogen-bond donors (Lipinski definition) is 0. The van der Waals surface area contributed by atoms with Gasteiger partial charge in [0.2, 0.25) is 0 Å². The van der Waals surface area contributed by atoms with Gasteiger partial charge in [-0.25, -0.2) is 0 Å². The first-order valence-electron chi connectivity index (χ1n) is 4.05. The van der Waals surface area contributed by atoms with Crippen molar-refractivity contribution in [2.75, 3.05) is 6.54 Å². The molecule has 0 rings (SSSR count). The van der Waals surface area contributed by atoms with Crippen molar-refractivity contribution in [1.29, 1.82) is 0 Å². The second-order valence-electron chi connectivity index (χ2n) is 2.52. The minimum atomic E-state index is 0.495. The molecule has 0 bridgehead atoms. The number of hydrogen-bond acceptors (Lipinski definition) is 2. The van der Waals surface area contributed by atoms with Gasteiger partial charge in [-0.2, -0.15) is 0 Å². The van der Waals surface area contributed by atoms with Gasteiger partial charge in [0.1, 0.15) is 0 Å². The standard InChI is InChI=1S/C10H15NO/c1-4-6-11-10(8-12)7-9(3)5-2/h5,7-8H,2,4,6H2,1,3H3/b9-7-,11-10?. The Bertz CT molecular complexity index is 214. The van der Waals surface area contributed by atoms with Gasteiger partial charge in [0, 0.05) is 6.54 Å². The van der Waals surface area contributed by atoms with E-state index in [9.17, 15) is 4.79 Å². The van der Waals surface area contributed by atoms with E-state index >= 15 is 0 Å². The first-order chi connectivity index (χ1) is 5.74. The molecule has 0 saturated carbocycles. The Morgan fingerprint density at radius 2 is 2.25 bits per heavy atom. The van der Waals surface area contributed by atoms with Gasteiger partial charge in [-0.05, 0) is 25.0 Å². The fraction of sp³-hybridized carbons (Fsp3) is 0.400. The van der Waals surface area contributed by atoms with Crippen molar-refractivity contribution < 1.29 is 4.79 Å². The molecule has 0 aromatic carbocycles. The molecule has 0 radical (unpaired) electrons. The molecule has 0 atom stereocenters. The first kappa shape index (κ1) is 10.8. The molecular weight excluding hydrogens is 150 g/mol. The van der Waals surface area contributed by atoms with E-state index in [2.05, 4.69) is 11.6 Å². The predicted molar refractivity (Wildman–Crippen MR) is 52.6 cm³/mol. The molecular formula is C10H15NO. The Labute approximate surface area is 73.7 Å². The summed E-state index contributed by atoms with van der Waals surface area (Å²) in [5.74, 6) is 0.